The molecule has 0 atom stereocenters. The second kappa shape index (κ2) is 7.85. The summed E-state index contributed by atoms with van der Waals surface area (Å²) < 4.78 is 0. The summed E-state index contributed by atoms with van der Waals surface area (Å²) in [5.74, 6) is 0.827. The summed E-state index contributed by atoms with van der Waals surface area (Å²) in [5.41, 5.74) is 0.303. The van der Waals surface area contributed by atoms with Crippen molar-refractivity contribution in [3.8, 4) is 0 Å². The van der Waals surface area contributed by atoms with Crippen LogP contribution in [0.15, 0.2) is 59.5 Å². The van der Waals surface area contributed by atoms with Crippen LogP contribution in [0.2, 0.25) is 5.02 Å². The summed E-state index contributed by atoms with van der Waals surface area (Å²) in [6, 6.07) is 17.5. The van der Waals surface area contributed by atoms with Gasteiger partial charge in [-0.2, -0.15) is 0 Å². The Bertz CT molecular complexity index is 538. The highest BCUT2D eigenvalue weighted by molar-refractivity contribution is 7.99. The highest BCUT2D eigenvalue weighted by Crippen LogP contribution is 2.31. The van der Waals surface area contributed by atoms with Crippen molar-refractivity contribution in [1.82, 2.24) is 0 Å². The number of hydrogen-bond donors (Lipinski definition) is 2. The van der Waals surface area contributed by atoms with Gasteiger partial charge in [0.1, 0.15) is 0 Å². The first kappa shape index (κ1) is 16.4. The van der Waals surface area contributed by atoms with Gasteiger partial charge in [-0.05, 0) is 42.0 Å². The quantitative estimate of drug-likeness (QED) is 0.763. The van der Waals surface area contributed by atoms with Gasteiger partial charge < -0.3 is 10.2 Å². The number of benzene rings is 2. The average Bonchev–Trinajstić information content (AvgIpc) is 2.54. The van der Waals surface area contributed by atoms with Crippen LogP contribution in [0.4, 0.5) is 0 Å². The van der Waals surface area contributed by atoms with E-state index in [-0.39, 0.29) is 13.2 Å². The minimum atomic E-state index is -0.619. The molecule has 0 aromatic heterocycles. The predicted octanol–water partition coefficient (Wildman–Crippen LogP) is 3.74. The molecule has 0 aliphatic rings. The van der Waals surface area contributed by atoms with Crippen LogP contribution in [-0.2, 0) is 5.41 Å². The second-order valence-electron chi connectivity index (χ2n) is 5.01. The van der Waals surface area contributed by atoms with Crippen LogP contribution in [0.1, 0.15) is 12.0 Å². The molecule has 0 amide bonds. The number of aliphatic hydroxyl groups excluding tert-OH is 2. The van der Waals surface area contributed by atoms with Crippen LogP contribution in [0.3, 0.4) is 0 Å². The van der Waals surface area contributed by atoms with Crippen LogP contribution in [0.5, 0.6) is 0 Å². The Kier molecular flexibility index (Phi) is 6.12. The Morgan fingerprint density at radius 1 is 0.905 bits per heavy atom. The number of thioether (sulfide) groups is 1. The Morgan fingerprint density at radius 3 is 2.10 bits per heavy atom. The molecule has 4 heteroatoms. The molecule has 2 rings (SSSR count). The summed E-state index contributed by atoms with van der Waals surface area (Å²) in [5, 5.41) is 20.2. The average molecular weight is 323 g/mol. The zero-order valence-electron chi connectivity index (χ0n) is 11.7. The highest BCUT2D eigenvalue weighted by Gasteiger charge is 2.30. The van der Waals surface area contributed by atoms with Crippen molar-refractivity contribution < 1.29 is 10.2 Å². The lowest BCUT2D eigenvalue weighted by Crippen LogP contribution is -2.35. The van der Waals surface area contributed by atoms with Crippen molar-refractivity contribution in [1.29, 1.82) is 0 Å². The van der Waals surface area contributed by atoms with E-state index < -0.39 is 5.41 Å². The van der Waals surface area contributed by atoms with Crippen molar-refractivity contribution >= 4 is 23.4 Å². The van der Waals surface area contributed by atoms with Gasteiger partial charge in [0, 0.05) is 15.3 Å². The minimum Gasteiger partial charge on any atom is -0.395 e. The maximum absolute atomic E-state index is 9.79. The van der Waals surface area contributed by atoms with Crippen molar-refractivity contribution in [3.05, 3.63) is 65.2 Å². The normalized spacial score (nSPS) is 11.6. The number of hydrogen-bond acceptors (Lipinski definition) is 3. The first-order valence-electron chi connectivity index (χ1n) is 6.86. The molecule has 0 saturated heterocycles. The van der Waals surface area contributed by atoms with E-state index in [1.54, 1.807) is 23.9 Å². The van der Waals surface area contributed by atoms with Gasteiger partial charge in [-0.3, -0.25) is 0 Å². The van der Waals surface area contributed by atoms with Gasteiger partial charge in [-0.1, -0.05) is 41.9 Å². The molecule has 0 spiro atoms. The summed E-state index contributed by atoms with van der Waals surface area (Å²) in [4.78, 5) is 1.19. The van der Waals surface area contributed by atoms with E-state index in [1.165, 1.54) is 4.90 Å². The van der Waals surface area contributed by atoms with E-state index in [0.29, 0.717) is 11.4 Å². The number of halogens is 1. The van der Waals surface area contributed by atoms with Gasteiger partial charge >= 0.3 is 0 Å². The zero-order chi connectivity index (χ0) is 15.1. The Labute approximate surface area is 134 Å². The van der Waals surface area contributed by atoms with Crippen LogP contribution >= 0.6 is 23.4 Å². The number of rotatable bonds is 7. The monoisotopic (exact) mass is 322 g/mol. The molecule has 2 aromatic carbocycles. The van der Waals surface area contributed by atoms with E-state index >= 15 is 0 Å². The Hall–Kier alpha value is -1.00. The van der Waals surface area contributed by atoms with Crippen molar-refractivity contribution in [2.45, 2.75) is 16.7 Å². The fourth-order valence-electron chi connectivity index (χ4n) is 2.22. The zero-order valence-corrected chi connectivity index (χ0v) is 13.3. The van der Waals surface area contributed by atoms with Crippen molar-refractivity contribution in [2.24, 2.45) is 0 Å². The Balaban J connectivity index is 2.06. The van der Waals surface area contributed by atoms with Gasteiger partial charge in [-0.15, -0.1) is 11.8 Å². The molecule has 2 nitrogen and oxygen atoms in total. The lowest BCUT2D eigenvalue weighted by atomic mass is 9.79. The second-order valence-corrected chi connectivity index (χ2v) is 6.62. The molecular weight excluding hydrogens is 304 g/mol. The number of aliphatic hydroxyl groups is 2. The molecule has 0 fully saturated rings. The summed E-state index contributed by atoms with van der Waals surface area (Å²) >= 11 is 7.63. The van der Waals surface area contributed by atoms with Gasteiger partial charge in [-0.25, -0.2) is 0 Å². The fraction of sp³-hybridized carbons (Fsp3) is 0.294. The third kappa shape index (κ3) is 4.24. The molecular formula is C17H19ClO2S. The molecule has 112 valence electrons. The molecule has 0 bridgehead atoms. The molecule has 21 heavy (non-hydrogen) atoms. The molecule has 2 aromatic rings. The first-order chi connectivity index (χ1) is 10.2. The molecule has 0 aliphatic heterocycles. The predicted molar refractivity (Wildman–Crippen MR) is 89.1 cm³/mol. The maximum atomic E-state index is 9.79. The third-order valence-corrected chi connectivity index (χ3v) is 4.92. The lowest BCUT2D eigenvalue weighted by Gasteiger charge is -2.30. The lowest BCUT2D eigenvalue weighted by molar-refractivity contribution is 0.114. The van der Waals surface area contributed by atoms with E-state index in [1.807, 2.05) is 30.3 Å². The fourth-order valence-corrected chi connectivity index (χ4v) is 3.42. The van der Waals surface area contributed by atoms with Crippen LogP contribution < -0.4 is 0 Å². The summed E-state index contributed by atoms with van der Waals surface area (Å²) in [7, 11) is 0. The molecule has 2 N–H and O–H groups in total. The van der Waals surface area contributed by atoms with E-state index in [9.17, 15) is 10.2 Å². The third-order valence-electron chi connectivity index (χ3n) is 3.65. The summed E-state index contributed by atoms with van der Waals surface area (Å²) in [6.45, 7) is -0.166. The van der Waals surface area contributed by atoms with E-state index in [4.69, 9.17) is 11.6 Å². The largest absolute Gasteiger partial charge is 0.395 e. The Morgan fingerprint density at radius 2 is 1.52 bits per heavy atom. The van der Waals surface area contributed by atoms with Gasteiger partial charge in [0.05, 0.1) is 13.2 Å². The standard InChI is InChI=1S/C17H19ClO2S/c18-15-8-6-14(7-9-15)17(12-19,13-20)10-11-21-16-4-2-1-3-5-16/h1-9,19-20H,10-13H2. The summed E-state index contributed by atoms with van der Waals surface area (Å²) in [6.07, 6.45) is 0.696. The van der Waals surface area contributed by atoms with Crippen LogP contribution in [0, 0.1) is 0 Å². The smallest absolute Gasteiger partial charge is 0.0550 e. The first-order valence-corrected chi connectivity index (χ1v) is 8.22. The van der Waals surface area contributed by atoms with E-state index in [2.05, 4.69) is 12.1 Å². The molecule has 0 saturated carbocycles. The maximum Gasteiger partial charge on any atom is 0.0550 e. The van der Waals surface area contributed by atoms with Crippen LogP contribution in [-0.4, -0.2) is 29.2 Å². The molecule has 0 unspecified atom stereocenters. The van der Waals surface area contributed by atoms with Crippen molar-refractivity contribution in [3.63, 3.8) is 0 Å². The van der Waals surface area contributed by atoms with Crippen molar-refractivity contribution in [2.75, 3.05) is 19.0 Å². The van der Waals surface area contributed by atoms with E-state index in [0.717, 1.165) is 11.3 Å². The SMILES string of the molecule is OCC(CO)(CCSc1ccccc1)c1ccc(Cl)cc1. The molecule has 0 heterocycles. The van der Waals surface area contributed by atoms with Crippen LogP contribution in [0.25, 0.3) is 0 Å². The van der Waals surface area contributed by atoms with Gasteiger partial charge in [0.15, 0.2) is 0 Å². The molecule has 0 aliphatic carbocycles. The highest BCUT2D eigenvalue weighted by atomic mass is 35.5. The topological polar surface area (TPSA) is 40.5 Å². The molecule has 0 radical (unpaired) electrons. The van der Waals surface area contributed by atoms with Gasteiger partial charge in [0.2, 0.25) is 0 Å². The minimum absolute atomic E-state index is 0.0829. The van der Waals surface area contributed by atoms with Gasteiger partial charge in [0.25, 0.3) is 0 Å².